The number of rotatable bonds is 2. The summed E-state index contributed by atoms with van der Waals surface area (Å²) in [6, 6.07) is 0.467. The molecule has 1 nitrogen and oxygen atoms in total. The zero-order valence-electron chi connectivity index (χ0n) is 11.6. The van der Waals surface area contributed by atoms with Crippen LogP contribution in [0.1, 0.15) is 52.9 Å². The summed E-state index contributed by atoms with van der Waals surface area (Å²) >= 11 is 0. The number of nitrogens with zero attached hydrogens (tertiary/aromatic N) is 1. The molecule has 1 rings (SSSR count). The van der Waals surface area contributed by atoms with Crippen LogP contribution in [0.25, 0.3) is 0 Å². The summed E-state index contributed by atoms with van der Waals surface area (Å²) in [6.45, 7) is 6.91. The van der Waals surface area contributed by atoms with E-state index < -0.39 is 0 Å². The van der Waals surface area contributed by atoms with Crippen LogP contribution in [0.3, 0.4) is 0 Å². The van der Waals surface area contributed by atoms with Gasteiger partial charge < -0.3 is 0 Å². The van der Waals surface area contributed by atoms with Crippen molar-refractivity contribution in [2.75, 3.05) is 0 Å². The van der Waals surface area contributed by atoms with Gasteiger partial charge in [0.25, 0.3) is 0 Å². The van der Waals surface area contributed by atoms with Gasteiger partial charge in [-0.3, -0.25) is 4.99 Å². The second-order valence-corrected chi connectivity index (χ2v) is 5.34. The van der Waals surface area contributed by atoms with Crippen molar-refractivity contribution < 1.29 is 0 Å². The summed E-state index contributed by atoms with van der Waals surface area (Å²) < 4.78 is 0. The summed E-state index contributed by atoms with van der Waals surface area (Å²) in [6.07, 6.45) is 17.0. The van der Waals surface area contributed by atoms with Crippen molar-refractivity contribution in [2.24, 2.45) is 16.8 Å². The Hall–Kier alpha value is -0.850. The lowest BCUT2D eigenvalue weighted by molar-refractivity contribution is 0.349. The fraction of sp³-hybridized carbons (Fsp3) is 0.688. The maximum Gasteiger partial charge on any atom is 0.0558 e. The van der Waals surface area contributed by atoms with Gasteiger partial charge in [-0.15, -0.1) is 0 Å². The molecule has 0 saturated heterocycles. The molecule has 0 fully saturated rings. The van der Waals surface area contributed by atoms with Gasteiger partial charge >= 0.3 is 0 Å². The molecule has 96 valence electrons. The van der Waals surface area contributed by atoms with Gasteiger partial charge in [-0.05, 0) is 50.2 Å². The Morgan fingerprint density at radius 2 is 1.47 bits per heavy atom. The quantitative estimate of drug-likeness (QED) is 0.608. The van der Waals surface area contributed by atoms with Gasteiger partial charge in [0, 0.05) is 0 Å². The summed E-state index contributed by atoms with van der Waals surface area (Å²) in [5.74, 6) is 1.37. The van der Waals surface area contributed by atoms with Crippen molar-refractivity contribution in [1.29, 1.82) is 0 Å². The smallest absolute Gasteiger partial charge is 0.0558 e. The second kappa shape index (κ2) is 8.27. The Morgan fingerprint density at radius 3 is 2.12 bits per heavy atom. The maximum atomic E-state index is 4.77. The van der Waals surface area contributed by atoms with Gasteiger partial charge in [-0.2, -0.15) is 0 Å². The van der Waals surface area contributed by atoms with E-state index >= 15 is 0 Å². The van der Waals surface area contributed by atoms with Crippen LogP contribution in [0.4, 0.5) is 0 Å². The topological polar surface area (TPSA) is 12.4 Å². The number of aliphatic imine (C=N–C) groups is 1. The Morgan fingerprint density at radius 1 is 0.882 bits per heavy atom. The number of hydrogen-bond donors (Lipinski definition) is 0. The van der Waals surface area contributed by atoms with Gasteiger partial charge in [0.05, 0.1) is 6.04 Å². The van der Waals surface area contributed by atoms with Crippen LogP contribution in [-0.4, -0.2) is 12.3 Å². The minimum absolute atomic E-state index is 0.467. The molecular weight excluding hydrogens is 206 g/mol. The predicted octanol–water partition coefficient (Wildman–Crippen LogP) is 4.79. The highest BCUT2D eigenvalue weighted by atomic mass is 14.8. The van der Waals surface area contributed by atoms with Gasteiger partial charge in [-0.1, -0.05) is 45.1 Å². The molecule has 0 aromatic rings. The van der Waals surface area contributed by atoms with Crippen LogP contribution in [0, 0.1) is 11.8 Å². The Balaban J connectivity index is 2.62. The van der Waals surface area contributed by atoms with E-state index in [9.17, 15) is 0 Å². The normalized spacial score (nSPS) is 24.4. The fourth-order valence-corrected chi connectivity index (χ4v) is 2.02. The average Bonchev–Trinajstić information content (AvgIpc) is 2.29. The lowest BCUT2D eigenvalue weighted by atomic mass is 9.88. The van der Waals surface area contributed by atoms with Gasteiger partial charge in [0.1, 0.15) is 0 Å². The Bertz CT molecular complexity index is 273. The SMILES string of the molecule is CC(C)C(C)C1CC=CCCC=CCCC=N1. The molecule has 0 aliphatic carbocycles. The molecule has 1 aliphatic rings. The molecule has 1 heteroatoms. The molecule has 0 radical (unpaired) electrons. The van der Waals surface area contributed by atoms with Crippen LogP contribution in [0.15, 0.2) is 29.3 Å². The van der Waals surface area contributed by atoms with Crippen molar-refractivity contribution in [3.8, 4) is 0 Å². The minimum Gasteiger partial charge on any atom is -0.294 e. The monoisotopic (exact) mass is 233 g/mol. The van der Waals surface area contributed by atoms with Crippen molar-refractivity contribution in [1.82, 2.24) is 0 Å². The lowest BCUT2D eigenvalue weighted by Gasteiger charge is -2.22. The van der Waals surface area contributed by atoms with E-state index in [1.54, 1.807) is 0 Å². The molecule has 2 unspecified atom stereocenters. The Labute approximate surface area is 107 Å². The lowest BCUT2D eigenvalue weighted by Crippen LogP contribution is -2.20. The summed E-state index contributed by atoms with van der Waals surface area (Å²) in [4.78, 5) is 4.77. The van der Waals surface area contributed by atoms with Gasteiger partial charge in [0.2, 0.25) is 0 Å². The first-order chi connectivity index (χ1) is 8.22. The van der Waals surface area contributed by atoms with Gasteiger partial charge in [-0.25, -0.2) is 0 Å². The zero-order valence-corrected chi connectivity index (χ0v) is 11.6. The minimum atomic E-state index is 0.467. The van der Waals surface area contributed by atoms with Crippen LogP contribution in [-0.2, 0) is 0 Å². The zero-order chi connectivity index (χ0) is 12.5. The highest BCUT2D eigenvalue weighted by Gasteiger charge is 2.17. The standard InChI is InChI=1S/C16H27N/c1-14(2)15(3)16-12-10-8-6-4-5-7-9-11-13-17-16/h5,7-8,10,13-16H,4,6,9,11-12H2,1-3H3. The molecule has 0 aromatic heterocycles. The largest absolute Gasteiger partial charge is 0.294 e. The van der Waals surface area contributed by atoms with E-state index in [1.807, 2.05) is 0 Å². The summed E-state index contributed by atoms with van der Waals surface area (Å²) in [7, 11) is 0. The second-order valence-electron chi connectivity index (χ2n) is 5.34. The van der Waals surface area contributed by atoms with Crippen LogP contribution < -0.4 is 0 Å². The molecule has 1 heterocycles. The molecule has 1 aliphatic heterocycles. The predicted molar refractivity (Wildman–Crippen MR) is 77.6 cm³/mol. The van der Waals surface area contributed by atoms with Crippen molar-refractivity contribution >= 4 is 6.21 Å². The Kier molecular flexibility index (Phi) is 6.91. The van der Waals surface area contributed by atoms with Crippen LogP contribution >= 0.6 is 0 Å². The third-order valence-electron chi connectivity index (χ3n) is 3.63. The first-order valence-electron chi connectivity index (χ1n) is 7.03. The van der Waals surface area contributed by atoms with Crippen molar-refractivity contribution in [3.63, 3.8) is 0 Å². The van der Waals surface area contributed by atoms with E-state index in [4.69, 9.17) is 4.99 Å². The van der Waals surface area contributed by atoms with Crippen LogP contribution in [0.5, 0.6) is 0 Å². The third kappa shape index (κ3) is 5.86. The molecule has 0 saturated carbocycles. The number of hydrogen-bond acceptors (Lipinski definition) is 1. The highest BCUT2D eigenvalue weighted by molar-refractivity contribution is 5.57. The summed E-state index contributed by atoms with van der Waals surface area (Å²) in [5, 5.41) is 0. The molecule has 2 atom stereocenters. The number of allylic oxidation sites excluding steroid dienone is 3. The molecule has 0 aromatic carbocycles. The molecule has 0 amide bonds. The van der Waals surface area contributed by atoms with Crippen molar-refractivity contribution in [2.45, 2.75) is 58.9 Å². The van der Waals surface area contributed by atoms with E-state index in [2.05, 4.69) is 51.3 Å². The molecule has 17 heavy (non-hydrogen) atoms. The molecule has 0 spiro atoms. The molecule has 0 bridgehead atoms. The van der Waals surface area contributed by atoms with E-state index in [0.29, 0.717) is 17.9 Å². The van der Waals surface area contributed by atoms with Crippen molar-refractivity contribution in [3.05, 3.63) is 24.3 Å². The third-order valence-corrected chi connectivity index (χ3v) is 3.63. The van der Waals surface area contributed by atoms with Crippen LogP contribution in [0.2, 0.25) is 0 Å². The van der Waals surface area contributed by atoms with Gasteiger partial charge in [0.15, 0.2) is 0 Å². The summed E-state index contributed by atoms with van der Waals surface area (Å²) in [5.41, 5.74) is 0. The molecular formula is C16H27N. The first kappa shape index (κ1) is 14.2. The first-order valence-corrected chi connectivity index (χ1v) is 7.03. The van der Waals surface area contributed by atoms with E-state index in [-0.39, 0.29) is 0 Å². The maximum absolute atomic E-state index is 4.77. The molecule has 0 N–H and O–H groups in total. The van der Waals surface area contributed by atoms with E-state index in [0.717, 1.165) is 19.3 Å². The average molecular weight is 233 g/mol. The van der Waals surface area contributed by atoms with E-state index in [1.165, 1.54) is 12.8 Å². The highest BCUT2D eigenvalue weighted by Crippen LogP contribution is 2.20. The fourth-order valence-electron chi connectivity index (χ4n) is 2.02.